The lowest BCUT2D eigenvalue weighted by molar-refractivity contribution is 0.0526. The Kier molecular flexibility index (Phi) is 8.27. The van der Waals surface area contributed by atoms with Crippen molar-refractivity contribution >= 4 is 23.2 Å². The van der Waals surface area contributed by atoms with Crippen LogP contribution in [0.5, 0.6) is 0 Å². The van der Waals surface area contributed by atoms with Gasteiger partial charge in [0.05, 0.1) is 29.6 Å². The first kappa shape index (κ1) is 28.6. The van der Waals surface area contributed by atoms with E-state index in [9.17, 15) is 18.4 Å². The molecule has 1 amide bonds. The highest BCUT2D eigenvalue weighted by atomic mass is 19.3. The molecular weight excluding hydrogens is 539 g/mol. The Hall–Kier alpha value is -3.97. The van der Waals surface area contributed by atoms with Gasteiger partial charge in [-0.15, -0.1) is 0 Å². The summed E-state index contributed by atoms with van der Waals surface area (Å²) in [5, 5.41) is 2.69. The SMILES string of the molecule is CC1CN(c2ncc(-c3cc(NC(=O)c4c[nH]c(=O)cc4C(F)F)c(N4CCN(C)C(C)C4)cc3F)cn2)CCO1. The second-order valence-electron chi connectivity index (χ2n) is 10.4. The molecule has 1 aromatic carbocycles. The van der Waals surface area contributed by atoms with Gasteiger partial charge in [-0.2, -0.15) is 0 Å². The molecule has 5 rings (SSSR count). The Morgan fingerprint density at radius 1 is 1.10 bits per heavy atom. The summed E-state index contributed by atoms with van der Waals surface area (Å²) in [6, 6.07) is 3.66. The number of H-pyrrole nitrogens is 1. The van der Waals surface area contributed by atoms with Crippen molar-refractivity contribution < 1.29 is 22.7 Å². The van der Waals surface area contributed by atoms with Gasteiger partial charge in [0.1, 0.15) is 5.82 Å². The minimum Gasteiger partial charge on any atom is -0.375 e. The lowest BCUT2D eigenvalue weighted by Crippen LogP contribution is -2.50. The summed E-state index contributed by atoms with van der Waals surface area (Å²) < 4.78 is 48.6. The highest BCUT2D eigenvalue weighted by molar-refractivity contribution is 6.07. The predicted molar refractivity (Wildman–Crippen MR) is 149 cm³/mol. The Bertz CT molecular complexity index is 1470. The van der Waals surface area contributed by atoms with Crippen molar-refractivity contribution in [3.63, 3.8) is 0 Å². The number of alkyl halides is 2. The molecule has 41 heavy (non-hydrogen) atoms. The minimum absolute atomic E-state index is 0.0357. The number of piperazine rings is 1. The summed E-state index contributed by atoms with van der Waals surface area (Å²) in [6.07, 6.45) is 0.987. The summed E-state index contributed by atoms with van der Waals surface area (Å²) in [5.41, 5.74) is -0.631. The molecule has 0 aliphatic carbocycles. The molecule has 2 aliphatic rings. The predicted octanol–water partition coefficient (Wildman–Crippen LogP) is 3.53. The van der Waals surface area contributed by atoms with Gasteiger partial charge in [0.2, 0.25) is 11.5 Å². The van der Waals surface area contributed by atoms with E-state index in [0.717, 1.165) is 6.20 Å². The van der Waals surface area contributed by atoms with Crippen molar-refractivity contribution in [1.29, 1.82) is 0 Å². The molecule has 2 atom stereocenters. The quantitative estimate of drug-likeness (QED) is 0.463. The van der Waals surface area contributed by atoms with Crippen LogP contribution in [0.1, 0.15) is 36.2 Å². The van der Waals surface area contributed by atoms with Crippen LogP contribution in [0.2, 0.25) is 0 Å². The number of aromatic amines is 1. The van der Waals surface area contributed by atoms with Crippen LogP contribution in [0.4, 0.5) is 30.5 Å². The average Bonchev–Trinajstić information content (AvgIpc) is 2.95. The Labute approximate surface area is 235 Å². The molecule has 2 fully saturated rings. The third-order valence-corrected chi connectivity index (χ3v) is 7.54. The van der Waals surface area contributed by atoms with Gasteiger partial charge in [0.25, 0.3) is 12.3 Å². The first-order chi connectivity index (χ1) is 19.6. The van der Waals surface area contributed by atoms with Gasteiger partial charge in [-0.3, -0.25) is 9.59 Å². The third-order valence-electron chi connectivity index (χ3n) is 7.54. The van der Waals surface area contributed by atoms with Gasteiger partial charge >= 0.3 is 0 Å². The van der Waals surface area contributed by atoms with E-state index in [4.69, 9.17) is 4.74 Å². The van der Waals surface area contributed by atoms with Gasteiger partial charge in [-0.1, -0.05) is 0 Å². The van der Waals surface area contributed by atoms with Crippen molar-refractivity contribution in [3.8, 4) is 11.1 Å². The number of carbonyl (C=O) groups excluding carboxylic acids is 1. The molecule has 4 heterocycles. The number of benzene rings is 1. The summed E-state index contributed by atoms with van der Waals surface area (Å²) in [5.74, 6) is -0.901. The summed E-state index contributed by atoms with van der Waals surface area (Å²) in [4.78, 5) is 42.1. The van der Waals surface area contributed by atoms with Gasteiger partial charge in [-0.25, -0.2) is 23.1 Å². The van der Waals surface area contributed by atoms with E-state index in [2.05, 4.69) is 25.2 Å². The van der Waals surface area contributed by atoms with Gasteiger partial charge < -0.3 is 29.7 Å². The Morgan fingerprint density at radius 2 is 1.85 bits per heavy atom. The van der Waals surface area contributed by atoms with E-state index in [1.807, 2.05) is 30.7 Å². The number of amides is 1. The number of nitrogens with zero attached hydrogens (tertiary/aromatic N) is 5. The zero-order valence-corrected chi connectivity index (χ0v) is 23.0. The second-order valence-corrected chi connectivity index (χ2v) is 10.4. The Balaban J connectivity index is 1.51. The van der Waals surface area contributed by atoms with Crippen molar-refractivity contribution in [3.05, 3.63) is 64.1 Å². The standard InChI is InChI=1S/C28H32F3N7O3/c1-16-14-37(5-4-36(16)3)24-10-22(29)19(18-11-33-28(34-12-18)38-6-7-41-17(2)15-38)8-23(24)35-27(40)21-13-32-25(39)9-20(21)26(30)31/h8-13,16-17,26H,4-7,14-15H2,1-3H3,(H,32,39)(H,35,40). The molecule has 2 aliphatic heterocycles. The number of carbonyl (C=O) groups is 1. The number of nitrogens with one attached hydrogen (secondary N) is 2. The largest absolute Gasteiger partial charge is 0.375 e. The van der Waals surface area contributed by atoms with Crippen LogP contribution in [-0.2, 0) is 4.74 Å². The molecule has 2 N–H and O–H groups in total. The first-order valence-electron chi connectivity index (χ1n) is 13.4. The van der Waals surface area contributed by atoms with E-state index >= 15 is 4.39 Å². The first-order valence-corrected chi connectivity index (χ1v) is 13.4. The molecule has 0 saturated carbocycles. The van der Waals surface area contributed by atoms with Crippen LogP contribution in [0.25, 0.3) is 11.1 Å². The van der Waals surface area contributed by atoms with Crippen LogP contribution in [0.15, 0.2) is 41.6 Å². The lowest BCUT2D eigenvalue weighted by atomic mass is 10.0. The van der Waals surface area contributed by atoms with Crippen molar-refractivity contribution in [2.45, 2.75) is 32.4 Å². The number of likely N-dealkylation sites (N-methyl/N-ethyl adjacent to an activating group) is 1. The van der Waals surface area contributed by atoms with Gasteiger partial charge in [0, 0.05) is 80.1 Å². The molecule has 13 heteroatoms. The summed E-state index contributed by atoms with van der Waals surface area (Å²) in [6.45, 7) is 7.67. The molecule has 0 spiro atoms. The lowest BCUT2D eigenvalue weighted by Gasteiger charge is -2.39. The zero-order valence-electron chi connectivity index (χ0n) is 23.0. The molecule has 2 saturated heterocycles. The van der Waals surface area contributed by atoms with Crippen LogP contribution >= 0.6 is 0 Å². The normalized spacial score (nSPS) is 20.0. The van der Waals surface area contributed by atoms with E-state index in [0.29, 0.717) is 62.6 Å². The number of halogens is 3. The van der Waals surface area contributed by atoms with Crippen LogP contribution in [-0.4, -0.2) is 84.3 Å². The fourth-order valence-corrected chi connectivity index (χ4v) is 5.09. The number of pyridine rings is 1. The zero-order chi connectivity index (χ0) is 29.3. The maximum Gasteiger partial charge on any atom is 0.264 e. The van der Waals surface area contributed by atoms with Gasteiger partial charge in [-0.05, 0) is 33.0 Å². The molecule has 0 radical (unpaired) electrons. The van der Waals surface area contributed by atoms with Gasteiger partial charge in [0.15, 0.2) is 0 Å². The number of hydrogen-bond donors (Lipinski definition) is 2. The second kappa shape index (κ2) is 11.9. The van der Waals surface area contributed by atoms with Crippen LogP contribution < -0.4 is 20.7 Å². The third kappa shape index (κ3) is 6.20. The molecule has 218 valence electrons. The maximum atomic E-state index is 15.7. The maximum absolute atomic E-state index is 15.7. The van der Waals surface area contributed by atoms with Crippen molar-refractivity contribution in [2.24, 2.45) is 0 Å². The van der Waals surface area contributed by atoms with E-state index in [1.165, 1.54) is 24.5 Å². The molecule has 2 aromatic heterocycles. The van der Waals surface area contributed by atoms with E-state index in [1.54, 1.807) is 0 Å². The number of rotatable bonds is 6. The van der Waals surface area contributed by atoms with Crippen LogP contribution in [0.3, 0.4) is 0 Å². The number of ether oxygens (including phenoxy) is 1. The monoisotopic (exact) mass is 571 g/mol. The van der Waals surface area contributed by atoms with Crippen LogP contribution in [0, 0.1) is 5.82 Å². The highest BCUT2D eigenvalue weighted by Crippen LogP contribution is 2.36. The summed E-state index contributed by atoms with van der Waals surface area (Å²) in [7, 11) is 2.00. The summed E-state index contributed by atoms with van der Waals surface area (Å²) >= 11 is 0. The van der Waals surface area contributed by atoms with E-state index < -0.39 is 29.3 Å². The molecule has 2 unspecified atom stereocenters. The molecule has 10 nitrogen and oxygen atoms in total. The number of anilines is 3. The molecule has 3 aromatic rings. The highest BCUT2D eigenvalue weighted by Gasteiger charge is 2.27. The minimum atomic E-state index is -3.04. The number of hydrogen-bond acceptors (Lipinski definition) is 8. The van der Waals surface area contributed by atoms with Crippen molar-refractivity contribution in [1.82, 2.24) is 19.9 Å². The average molecular weight is 572 g/mol. The van der Waals surface area contributed by atoms with E-state index in [-0.39, 0.29) is 29.0 Å². The smallest absolute Gasteiger partial charge is 0.264 e. The fourth-order valence-electron chi connectivity index (χ4n) is 5.09. The topological polar surface area (TPSA) is 107 Å². The number of aromatic nitrogens is 3. The molecule has 0 bridgehead atoms. The van der Waals surface area contributed by atoms with Crippen molar-refractivity contribution in [2.75, 3.05) is 61.5 Å². The number of morpholine rings is 1. The molecular formula is C28H32F3N7O3. The Morgan fingerprint density at radius 3 is 2.54 bits per heavy atom. The fraction of sp³-hybridized carbons (Fsp3) is 0.429.